The van der Waals surface area contributed by atoms with Gasteiger partial charge in [-0.3, -0.25) is 9.59 Å². The molecule has 0 bridgehead atoms. The van der Waals surface area contributed by atoms with Crippen molar-refractivity contribution in [1.82, 2.24) is 10.2 Å². The third kappa shape index (κ3) is 4.30. The Morgan fingerprint density at radius 3 is 2.48 bits per heavy atom. The van der Waals surface area contributed by atoms with Crippen LogP contribution in [-0.4, -0.2) is 29.8 Å². The van der Waals surface area contributed by atoms with Crippen LogP contribution in [0.25, 0.3) is 11.0 Å². The Morgan fingerprint density at radius 1 is 1.10 bits per heavy atom. The van der Waals surface area contributed by atoms with Gasteiger partial charge in [0, 0.05) is 35.0 Å². The van der Waals surface area contributed by atoms with Crippen molar-refractivity contribution in [1.29, 1.82) is 0 Å². The smallest absolute Gasteiger partial charge is 0.253 e. The highest BCUT2D eigenvalue weighted by molar-refractivity contribution is 6.30. The molecular formula is C23H23ClN2O3. The zero-order valence-electron chi connectivity index (χ0n) is 16.2. The second-order valence-corrected chi connectivity index (χ2v) is 7.93. The molecule has 0 unspecified atom stereocenters. The summed E-state index contributed by atoms with van der Waals surface area (Å²) in [6.45, 7) is 3.06. The maximum absolute atomic E-state index is 12.7. The summed E-state index contributed by atoms with van der Waals surface area (Å²) in [5, 5.41) is 4.69. The second kappa shape index (κ2) is 8.29. The number of halogens is 1. The quantitative estimate of drug-likeness (QED) is 0.671. The fourth-order valence-corrected chi connectivity index (χ4v) is 3.86. The average molecular weight is 411 g/mol. The average Bonchev–Trinajstić information content (AvgIpc) is 3.18. The first-order valence-corrected chi connectivity index (χ1v) is 10.2. The topological polar surface area (TPSA) is 62.6 Å². The van der Waals surface area contributed by atoms with E-state index in [1.54, 1.807) is 29.2 Å². The summed E-state index contributed by atoms with van der Waals surface area (Å²) in [5.41, 5.74) is 1.44. The van der Waals surface area contributed by atoms with Crippen LogP contribution in [0.5, 0.6) is 0 Å². The lowest BCUT2D eigenvalue weighted by Gasteiger charge is -2.32. The zero-order valence-corrected chi connectivity index (χ0v) is 17.0. The highest BCUT2D eigenvalue weighted by atomic mass is 35.5. The van der Waals surface area contributed by atoms with Gasteiger partial charge in [0.2, 0.25) is 5.91 Å². The number of amides is 2. The Bertz CT molecular complexity index is 987. The van der Waals surface area contributed by atoms with Gasteiger partial charge in [-0.25, -0.2) is 0 Å². The lowest BCUT2D eigenvalue weighted by atomic mass is 9.95. The normalized spacial score (nSPS) is 16.0. The van der Waals surface area contributed by atoms with Gasteiger partial charge in [0.1, 0.15) is 11.3 Å². The third-order valence-corrected chi connectivity index (χ3v) is 5.73. The minimum Gasteiger partial charge on any atom is -0.459 e. The van der Waals surface area contributed by atoms with Gasteiger partial charge in [-0.1, -0.05) is 29.8 Å². The summed E-state index contributed by atoms with van der Waals surface area (Å²) in [6.07, 6.45) is 1.30. The Balaban J connectivity index is 1.32. The van der Waals surface area contributed by atoms with Gasteiger partial charge in [-0.05, 0) is 56.2 Å². The monoisotopic (exact) mass is 410 g/mol. The molecule has 1 fully saturated rings. The van der Waals surface area contributed by atoms with Crippen molar-refractivity contribution in [3.05, 3.63) is 70.9 Å². The van der Waals surface area contributed by atoms with E-state index in [9.17, 15) is 9.59 Å². The van der Waals surface area contributed by atoms with Crippen LogP contribution < -0.4 is 5.32 Å². The Kier molecular flexibility index (Phi) is 5.58. The van der Waals surface area contributed by atoms with Gasteiger partial charge >= 0.3 is 0 Å². The highest BCUT2D eigenvalue weighted by Crippen LogP contribution is 2.25. The molecular weight excluding hydrogens is 388 g/mol. The third-order valence-electron chi connectivity index (χ3n) is 5.47. The van der Waals surface area contributed by atoms with Crippen molar-refractivity contribution in [3.63, 3.8) is 0 Å². The molecule has 1 aromatic heterocycles. The molecule has 6 heteroatoms. The number of carbonyl (C=O) groups excluding carboxylic acids is 2. The van der Waals surface area contributed by atoms with Crippen molar-refractivity contribution in [2.75, 3.05) is 13.1 Å². The molecule has 4 rings (SSSR count). The molecule has 1 saturated heterocycles. The number of nitrogens with one attached hydrogen (secondary N) is 1. The Hall–Kier alpha value is -2.79. The van der Waals surface area contributed by atoms with Crippen molar-refractivity contribution in [2.24, 2.45) is 5.92 Å². The number of piperidine rings is 1. The molecule has 0 spiro atoms. The van der Waals surface area contributed by atoms with E-state index in [-0.39, 0.29) is 23.8 Å². The minimum atomic E-state index is -0.205. The molecule has 5 nitrogen and oxygen atoms in total. The van der Waals surface area contributed by atoms with Gasteiger partial charge in [0.15, 0.2) is 0 Å². The Labute approximate surface area is 174 Å². The number of hydrogen-bond donors (Lipinski definition) is 1. The van der Waals surface area contributed by atoms with Crippen LogP contribution in [0.2, 0.25) is 5.02 Å². The van der Waals surface area contributed by atoms with Crippen LogP contribution in [0.15, 0.2) is 59.0 Å². The molecule has 1 aliphatic heterocycles. The van der Waals surface area contributed by atoms with E-state index in [1.165, 1.54) is 0 Å². The van der Waals surface area contributed by atoms with E-state index < -0.39 is 0 Å². The SMILES string of the molecule is C[C@H](NC(=O)C1CCN(C(=O)c2ccc(Cl)cc2)CC1)c1cc2ccccc2o1. The summed E-state index contributed by atoms with van der Waals surface area (Å²) in [5.74, 6) is 0.638. The first-order chi connectivity index (χ1) is 14.0. The summed E-state index contributed by atoms with van der Waals surface area (Å²) in [7, 11) is 0. The van der Waals surface area contributed by atoms with Crippen LogP contribution in [-0.2, 0) is 4.79 Å². The predicted octanol–water partition coefficient (Wildman–Crippen LogP) is 4.82. The number of hydrogen-bond acceptors (Lipinski definition) is 3. The molecule has 2 aromatic carbocycles. The zero-order chi connectivity index (χ0) is 20.4. The number of likely N-dealkylation sites (tertiary alicyclic amines) is 1. The molecule has 1 atom stereocenters. The molecule has 0 radical (unpaired) electrons. The molecule has 1 aliphatic rings. The molecule has 3 aromatic rings. The van der Waals surface area contributed by atoms with E-state index in [1.807, 2.05) is 37.3 Å². The molecule has 29 heavy (non-hydrogen) atoms. The first-order valence-electron chi connectivity index (χ1n) is 9.85. The van der Waals surface area contributed by atoms with Crippen molar-refractivity contribution < 1.29 is 14.0 Å². The minimum absolute atomic E-state index is 0.0107. The number of carbonyl (C=O) groups is 2. The number of para-hydroxylation sites is 1. The number of furan rings is 1. The second-order valence-electron chi connectivity index (χ2n) is 7.49. The maximum Gasteiger partial charge on any atom is 0.253 e. The fourth-order valence-electron chi connectivity index (χ4n) is 3.74. The van der Waals surface area contributed by atoms with Crippen LogP contribution in [0.1, 0.15) is 41.9 Å². The van der Waals surface area contributed by atoms with Crippen LogP contribution in [0.4, 0.5) is 0 Å². The molecule has 0 aliphatic carbocycles. The van der Waals surface area contributed by atoms with Gasteiger partial charge in [-0.2, -0.15) is 0 Å². The summed E-state index contributed by atoms with van der Waals surface area (Å²) in [6, 6.07) is 16.5. The Morgan fingerprint density at radius 2 is 1.79 bits per heavy atom. The van der Waals surface area contributed by atoms with Crippen molar-refractivity contribution in [3.8, 4) is 0 Å². The van der Waals surface area contributed by atoms with E-state index in [0.717, 1.165) is 16.7 Å². The lowest BCUT2D eigenvalue weighted by molar-refractivity contribution is -0.127. The maximum atomic E-state index is 12.7. The largest absolute Gasteiger partial charge is 0.459 e. The van der Waals surface area contributed by atoms with Crippen LogP contribution >= 0.6 is 11.6 Å². The molecule has 2 amide bonds. The molecule has 0 saturated carbocycles. The molecule has 150 valence electrons. The van der Waals surface area contributed by atoms with Crippen molar-refractivity contribution in [2.45, 2.75) is 25.8 Å². The molecule has 1 N–H and O–H groups in total. The summed E-state index contributed by atoms with van der Waals surface area (Å²) < 4.78 is 5.85. The van der Waals surface area contributed by atoms with Crippen LogP contribution in [0, 0.1) is 5.92 Å². The van der Waals surface area contributed by atoms with Crippen molar-refractivity contribution >= 4 is 34.4 Å². The highest BCUT2D eigenvalue weighted by Gasteiger charge is 2.29. The van der Waals surface area contributed by atoms with Gasteiger partial charge < -0.3 is 14.6 Å². The van der Waals surface area contributed by atoms with Gasteiger partial charge in [0.25, 0.3) is 5.91 Å². The standard InChI is InChI=1S/C23H23ClN2O3/c1-15(21-14-18-4-2-3-5-20(18)29-21)25-22(27)16-10-12-26(13-11-16)23(28)17-6-8-19(24)9-7-17/h2-9,14-16H,10-13H2,1H3,(H,25,27)/t15-/m0/s1. The van der Waals surface area contributed by atoms with E-state index in [0.29, 0.717) is 36.5 Å². The van der Waals surface area contributed by atoms with Gasteiger partial charge in [0.05, 0.1) is 6.04 Å². The number of rotatable bonds is 4. The van der Waals surface area contributed by atoms with Gasteiger partial charge in [-0.15, -0.1) is 0 Å². The number of benzene rings is 2. The summed E-state index contributed by atoms with van der Waals surface area (Å²) >= 11 is 5.89. The van der Waals surface area contributed by atoms with E-state index in [4.69, 9.17) is 16.0 Å². The molecule has 2 heterocycles. The van der Waals surface area contributed by atoms with E-state index >= 15 is 0 Å². The first kappa shape index (κ1) is 19.5. The number of fused-ring (bicyclic) bond motifs is 1. The van der Waals surface area contributed by atoms with E-state index in [2.05, 4.69) is 5.32 Å². The van der Waals surface area contributed by atoms with Crippen LogP contribution in [0.3, 0.4) is 0 Å². The number of nitrogens with zero attached hydrogens (tertiary/aromatic N) is 1. The predicted molar refractivity (Wildman–Crippen MR) is 113 cm³/mol. The fraction of sp³-hybridized carbons (Fsp3) is 0.304. The summed E-state index contributed by atoms with van der Waals surface area (Å²) in [4.78, 5) is 27.1. The lowest BCUT2D eigenvalue weighted by Crippen LogP contribution is -2.43.